The van der Waals surface area contributed by atoms with E-state index >= 15 is 0 Å². The fraction of sp³-hybridized carbons (Fsp3) is 0.0638. The largest absolute Gasteiger partial charge is 0.310 e. The Bertz CT molecular complexity index is 2460. The highest BCUT2D eigenvalue weighted by molar-refractivity contribution is 6.15. The average molecular weight is 614 g/mol. The van der Waals surface area contributed by atoms with E-state index in [4.69, 9.17) is 0 Å². The summed E-state index contributed by atoms with van der Waals surface area (Å²) in [7, 11) is 0. The summed E-state index contributed by atoms with van der Waals surface area (Å²) < 4.78 is 0. The number of fused-ring (bicyclic) bond motifs is 6. The normalized spacial score (nSPS) is 13.0. The van der Waals surface area contributed by atoms with Crippen molar-refractivity contribution >= 4 is 38.6 Å². The fourth-order valence-corrected chi connectivity index (χ4v) is 7.79. The molecule has 0 saturated carbocycles. The van der Waals surface area contributed by atoms with E-state index in [-0.39, 0.29) is 5.41 Å². The molecule has 1 aliphatic carbocycles. The zero-order valence-electron chi connectivity index (χ0n) is 27.2. The standard InChI is InChI=1S/C47H35N/c1-47(2)44-20-12-11-19-40(44)43-31-38(26-28-45(43)47)48(37-24-21-34(22-25-37)32-13-5-3-6-14-32)46-30-36-17-9-10-18-39(36)42-29-35(23-27-41(42)46)33-15-7-4-8-16-33/h3-31H,1-2H3. The summed E-state index contributed by atoms with van der Waals surface area (Å²) in [6, 6.07) is 64.4. The first-order valence-corrected chi connectivity index (χ1v) is 16.8. The molecule has 0 fully saturated rings. The van der Waals surface area contributed by atoms with Crippen LogP contribution in [0.5, 0.6) is 0 Å². The van der Waals surface area contributed by atoms with Crippen LogP contribution in [-0.2, 0) is 5.41 Å². The summed E-state index contributed by atoms with van der Waals surface area (Å²) in [5, 5.41) is 4.96. The van der Waals surface area contributed by atoms with Gasteiger partial charge < -0.3 is 4.90 Å². The Kier molecular flexibility index (Phi) is 6.55. The maximum atomic E-state index is 2.46. The van der Waals surface area contributed by atoms with Crippen LogP contribution in [0.4, 0.5) is 17.1 Å². The van der Waals surface area contributed by atoms with Crippen molar-refractivity contribution in [3.05, 3.63) is 187 Å². The van der Waals surface area contributed by atoms with E-state index in [1.807, 2.05) is 0 Å². The number of rotatable bonds is 5. The van der Waals surface area contributed by atoms with Gasteiger partial charge in [-0.2, -0.15) is 0 Å². The quantitative estimate of drug-likeness (QED) is 0.175. The van der Waals surface area contributed by atoms with Crippen molar-refractivity contribution in [1.82, 2.24) is 0 Å². The molecule has 8 aromatic carbocycles. The topological polar surface area (TPSA) is 3.24 Å². The zero-order valence-corrected chi connectivity index (χ0v) is 27.2. The van der Waals surface area contributed by atoms with Crippen LogP contribution in [0, 0.1) is 0 Å². The highest BCUT2D eigenvalue weighted by Gasteiger charge is 2.35. The summed E-state index contributed by atoms with van der Waals surface area (Å²) in [6.07, 6.45) is 0. The Morgan fingerprint density at radius 3 is 1.73 bits per heavy atom. The molecule has 228 valence electrons. The third-order valence-electron chi connectivity index (χ3n) is 10.2. The van der Waals surface area contributed by atoms with Crippen molar-refractivity contribution in [1.29, 1.82) is 0 Å². The molecular formula is C47H35N. The maximum absolute atomic E-state index is 2.46. The van der Waals surface area contributed by atoms with Crippen LogP contribution in [-0.4, -0.2) is 0 Å². The van der Waals surface area contributed by atoms with E-state index in [1.165, 1.54) is 71.7 Å². The number of hydrogen-bond donors (Lipinski definition) is 0. The Morgan fingerprint density at radius 1 is 0.375 bits per heavy atom. The lowest BCUT2D eigenvalue weighted by Gasteiger charge is -2.29. The Labute approximate surface area is 282 Å². The summed E-state index contributed by atoms with van der Waals surface area (Å²) in [5.74, 6) is 0. The number of benzene rings is 8. The SMILES string of the molecule is CC1(C)c2ccccc2-c2cc(N(c3ccc(-c4ccccc4)cc3)c3cc4ccccc4c4cc(-c5ccccc5)ccc34)ccc21. The van der Waals surface area contributed by atoms with Crippen molar-refractivity contribution < 1.29 is 0 Å². The van der Waals surface area contributed by atoms with Gasteiger partial charge in [0.05, 0.1) is 5.69 Å². The lowest BCUT2D eigenvalue weighted by Crippen LogP contribution is -2.15. The Morgan fingerprint density at radius 2 is 0.958 bits per heavy atom. The fourth-order valence-electron chi connectivity index (χ4n) is 7.79. The Hall–Kier alpha value is -5.92. The molecule has 0 heterocycles. The van der Waals surface area contributed by atoms with Gasteiger partial charge in [0.1, 0.15) is 0 Å². The van der Waals surface area contributed by atoms with E-state index in [1.54, 1.807) is 0 Å². The molecule has 1 heteroatoms. The maximum Gasteiger partial charge on any atom is 0.0546 e. The van der Waals surface area contributed by atoms with Gasteiger partial charge in [0.2, 0.25) is 0 Å². The van der Waals surface area contributed by atoms with Gasteiger partial charge in [-0.1, -0.05) is 153 Å². The molecule has 0 radical (unpaired) electrons. The molecule has 0 atom stereocenters. The van der Waals surface area contributed by atoms with Crippen molar-refractivity contribution in [3.8, 4) is 33.4 Å². The van der Waals surface area contributed by atoms with Gasteiger partial charge in [-0.05, 0) is 97.1 Å². The first-order valence-electron chi connectivity index (χ1n) is 16.8. The summed E-state index contributed by atoms with van der Waals surface area (Å²) in [4.78, 5) is 2.46. The molecule has 0 N–H and O–H groups in total. The number of hydrogen-bond acceptors (Lipinski definition) is 1. The molecule has 0 aliphatic heterocycles. The minimum atomic E-state index is -0.0455. The van der Waals surface area contributed by atoms with Crippen LogP contribution < -0.4 is 4.90 Å². The van der Waals surface area contributed by atoms with Gasteiger partial charge in [0.25, 0.3) is 0 Å². The number of anilines is 3. The van der Waals surface area contributed by atoms with Crippen LogP contribution in [0.2, 0.25) is 0 Å². The van der Waals surface area contributed by atoms with Crippen molar-refractivity contribution in [2.75, 3.05) is 4.90 Å². The molecule has 0 unspecified atom stereocenters. The average Bonchev–Trinajstić information content (AvgIpc) is 3.38. The van der Waals surface area contributed by atoms with Gasteiger partial charge in [-0.25, -0.2) is 0 Å². The molecule has 1 aliphatic rings. The lowest BCUT2D eigenvalue weighted by atomic mass is 9.82. The van der Waals surface area contributed by atoms with E-state index in [9.17, 15) is 0 Å². The summed E-state index contributed by atoms with van der Waals surface area (Å²) in [5.41, 5.74) is 13.7. The zero-order chi connectivity index (χ0) is 32.2. The lowest BCUT2D eigenvalue weighted by molar-refractivity contribution is 0.660. The molecular weight excluding hydrogens is 579 g/mol. The monoisotopic (exact) mass is 613 g/mol. The first-order chi connectivity index (χ1) is 23.6. The molecule has 8 aromatic rings. The molecule has 0 bridgehead atoms. The third-order valence-corrected chi connectivity index (χ3v) is 10.2. The molecule has 0 saturated heterocycles. The van der Waals surface area contributed by atoms with Gasteiger partial charge in [0, 0.05) is 22.2 Å². The van der Waals surface area contributed by atoms with Gasteiger partial charge in [-0.15, -0.1) is 0 Å². The Balaban J connectivity index is 1.30. The predicted molar refractivity (Wildman–Crippen MR) is 205 cm³/mol. The van der Waals surface area contributed by atoms with Gasteiger partial charge >= 0.3 is 0 Å². The van der Waals surface area contributed by atoms with Crippen molar-refractivity contribution in [2.24, 2.45) is 0 Å². The van der Waals surface area contributed by atoms with Crippen LogP contribution in [0.15, 0.2) is 176 Å². The number of nitrogens with zero attached hydrogens (tertiary/aromatic N) is 1. The smallest absolute Gasteiger partial charge is 0.0546 e. The second-order valence-electron chi connectivity index (χ2n) is 13.4. The molecule has 0 spiro atoms. The second-order valence-corrected chi connectivity index (χ2v) is 13.4. The second kappa shape index (κ2) is 11.1. The van der Waals surface area contributed by atoms with Crippen LogP contribution in [0.3, 0.4) is 0 Å². The molecule has 0 amide bonds. The van der Waals surface area contributed by atoms with E-state index in [2.05, 4.69) is 195 Å². The van der Waals surface area contributed by atoms with E-state index in [0.717, 1.165) is 11.4 Å². The highest BCUT2D eigenvalue weighted by atomic mass is 15.1. The molecule has 48 heavy (non-hydrogen) atoms. The minimum Gasteiger partial charge on any atom is -0.310 e. The molecule has 9 rings (SSSR count). The van der Waals surface area contributed by atoms with Crippen LogP contribution in [0.1, 0.15) is 25.0 Å². The summed E-state index contributed by atoms with van der Waals surface area (Å²) >= 11 is 0. The summed E-state index contributed by atoms with van der Waals surface area (Å²) in [6.45, 7) is 4.69. The minimum absolute atomic E-state index is 0.0455. The predicted octanol–water partition coefficient (Wildman–Crippen LogP) is 13.1. The van der Waals surface area contributed by atoms with Gasteiger partial charge in [-0.3, -0.25) is 0 Å². The van der Waals surface area contributed by atoms with E-state index < -0.39 is 0 Å². The van der Waals surface area contributed by atoms with Crippen molar-refractivity contribution in [2.45, 2.75) is 19.3 Å². The van der Waals surface area contributed by atoms with Crippen molar-refractivity contribution in [3.63, 3.8) is 0 Å². The first kappa shape index (κ1) is 28.3. The molecule has 0 aromatic heterocycles. The molecule has 1 nitrogen and oxygen atoms in total. The van der Waals surface area contributed by atoms with Gasteiger partial charge in [0.15, 0.2) is 0 Å². The van der Waals surface area contributed by atoms with Crippen LogP contribution >= 0.6 is 0 Å². The third kappa shape index (κ3) is 4.54. The van der Waals surface area contributed by atoms with Crippen LogP contribution in [0.25, 0.3) is 54.9 Å². The van der Waals surface area contributed by atoms with E-state index in [0.29, 0.717) is 0 Å². The highest BCUT2D eigenvalue weighted by Crippen LogP contribution is 2.51.